The lowest BCUT2D eigenvalue weighted by Gasteiger charge is -2.10. The molecule has 102 valence electrons. The predicted octanol–water partition coefficient (Wildman–Crippen LogP) is 1.74. The van der Waals surface area contributed by atoms with Gasteiger partial charge >= 0.3 is 0 Å². The summed E-state index contributed by atoms with van der Waals surface area (Å²) in [6.45, 7) is 0. The lowest BCUT2D eigenvalue weighted by atomic mass is 10.2. The Kier molecular flexibility index (Phi) is 3.86. The number of nitrogen functional groups attached to an aromatic ring is 1. The van der Waals surface area contributed by atoms with E-state index in [9.17, 15) is 0 Å². The zero-order chi connectivity index (χ0) is 14.5. The molecule has 0 aliphatic rings. The van der Waals surface area contributed by atoms with Crippen molar-refractivity contribution in [2.45, 2.75) is 0 Å². The van der Waals surface area contributed by atoms with Gasteiger partial charge in [0.1, 0.15) is 17.8 Å². The van der Waals surface area contributed by atoms with Crippen LogP contribution in [-0.4, -0.2) is 24.2 Å². The Hall–Kier alpha value is -3.01. The van der Waals surface area contributed by atoms with Gasteiger partial charge in [-0.1, -0.05) is 0 Å². The Balaban J connectivity index is 2.37. The summed E-state index contributed by atoms with van der Waals surface area (Å²) in [5, 5.41) is 8.95. The van der Waals surface area contributed by atoms with E-state index in [0.717, 1.165) is 0 Å². The van der Waals surface area contributed by atoms with Gasteiger partial charge in [0.05, 0.1) is 25.9 Å². The average Bonchev–Trinajstić information content (AvgIpc) is 2.49. The molecule has 0 radical (unpaired) electrons. The number of hydrogen-bond donors (Lipinski definition) is 1. The van der Waals surface area contributed by atoms with Gasteiger partial charge in [-0.25, -0.2) is 0 Å². The number of nitriles is 1. The summed E-state index contributed by atoms with van der Waals surface area (Å²) in [5.74, 6) is 1.25. The first-order chi connectivity index (χ1) is 9.67. The Morgan fingerprint density at radius 1 is 1.05 bits per heavy atom. The molecule has 0 amide bonds. The Morgan fingerprint density at radius 3 is 2.40 bits per heavy atom. The highest BCUT2D eigenvalue weighted by Gasteiger charge is 2.11. The minimum Gasteiger partial charge on any atom is -0.497 e. The Labute approximate surface area is 115 Å². The van der Waals surface area contributed by atoms with Crippen molar-refractivity contribution in [3.05, 3.63) is 30.1 Å². The van der Waals surface area contributed by atoms with Crippen LogP contribution in [0.25, 0.3) is 0 Å². The van der Waals surface area contributed by atoms with Gasteiger partial charge in [-0.05, 0) is 12.1 Å². The highest BCUT2D eigenvalue weighted by molar-refractivity contribution is 5.57. The summed E-state index contributed by atoms with van der Waals surface area (Å²) in [6.07, 6.45) is 1.27. The second-order valence-electron chi connectivity index (χ2n) is 3.71. The average molecular weight is 272 g/mol. The fourth-order valence-electron chi connectivity index (χ4n) is 1.53. The summed E-state index contributed by atoms with van der Waals surface area (Å²) < 4.78 is 15.6. The summed E-state index contributed by atoms with van der Waals surface area (Å²) in [4.78, 5) is 7.78. The number of anilines is 1. The van der Waals surface area contributed by atoms with Crippen molar-refractivity contribution in [1.82, 2.24) is 9.97 Å². The molecule has 0 fully saturated rings. The zero-order valence-corrected chi connectivity index (χ0v) is 11.0. The minimum atomic E-state index is 0.147. The third kappa shape index (κ3) is 2.70. The summed E-state index contributed by atoms with van der Waals surface area (Å²) in [5.41, 5.74) is 6.39. The van der Waals surface area contributed by atoms with Crippen molar-refractivity contribution in [1.29, 1.82) is 5.26 Å². The summed E-state index contributed by atoms with van der Waals surface area (Å²) >= 11 is 0. The largest absolute Gasteiger partial charge is 0.497 e. The zero-order valence-electron chi connectivity index (χ0n) is 11.0. The van der Waals surface area contributed by atoms with E-state index in [1.165, 1.54) is 20.5 Å². The fraction of sp³-hybridized carbons (Fsp3) is 0.154. The number of hydrogen-bond acceptors (Lipinski definition) is 7. The molecule has 7 nitrogen and oxygen atoms in total. The van der Waals surface area contributed by atoms with E-state index in [1.807, 2.05) is 6.07 Å². The Morgan fingerprint density at radius 2 is 1.75 bits per heavy atom. The lowest BCUT2D eigenvalue weighted by Crippen LogP contribution is -2.00. The lowest BCUT2D eigenvalue weighted by molar-refractivity contribution is 0.389. The van der Waals surface area contributed by atoms with Crippen LogP contribution in [0.15, 0.2) is 24.5 Å². The molecule has 7 heteroatoms. The van der Waals surface area contributed by atoms with E-state index < -0.39 is 0 Å². The highest BCUT2D eigenvalue weighted by atomic mass is 16.5. The molecule has 0 spiro atoms. The first kappa shape index (κ1) is 13.4. The molecular weight excluding hydrogens is 260 g/mol. The molecular formula is C13H12N4O3. The van der Waals surface area contributed by atoms with Crippen molar-refractivity contribution < 1.29 is 14.2 Å². The standard InChI is InChI=1S/C13H12N4O3/c1-18-9-3-8(6-14)4-10(5-9)20-13-11(15)12(19-2)16-7-17-13/h3-5,7H,15H2,1-2H3. The van der Waals surface area contributed by atoms with Crippen molar-refractivity contribution >= 4 is 5.69 Å². The normalized spacial score (nSPS) is 9.65. The number of benzene rings is 1. The number of rotatable bonds is 4. The van der Waals surface area contributed by atoms with E-state index in [1.54, 1.807) is 18.2 Å². The quantitative estimate of drug-likeness (QED) is 0.903. The van der Waals surface area contributed by atoms with Crippen LogP contribution in [0.4, 0.5) is 5.69 Å². The minimum absolute atomic E-state index is 0.147. The van der Waals surface area contributed by atoms with Crippen molar-refractivity contribution in [2.75, 3.05) is 20.0 Å². The predicted molar refractivity (Wildman–Crippen MR) is 70.8 cm³/mol. The fourth-order valence-corrected chi connectivity index (χ4v) is 1.53. The summed E-state index contributed by atoms with van der Waals surface area (Å²) in [7, 11) is 2.95. The molecule has 0 aliphatic heterocycles. The molecule has 0 saturated heterocycles. The molecule has 0 aliphatic carbocycles. The van der Waals surface area contributed by atoms with Gasteiger partial charge in [0.2, 0.25) is 11.8 Å². The van der Waals surface area contributed by atoms with Gasteiger partial charge in [0.15, 0.2) is 5.69 Å². The maximum absolute atomic E-state index is 8.95. The molecule has 0 atom stereocenters. The molecule has 2 aromatic rings. The molecule has 1 heterocycles. The van der Waals surface area contributed by atoms with Crippen LogP contribution < -0.4 is 19.9 Å². The van der Waals surface area contributed by atoms with E-state index in [2.05, 4.69) is 9.97 Å². The molecule has 1 aromatic heterocycles. The molecule has 1 aromatic carbocycles. The van der Waals surface area contributed by atoms with Crippen molar-refractivity contribution in [2.24, 2.45) is 0 Å². The number of nitrogens with two attached hydrogens (primary N) is 1. The van der Waals surface area contributed by atoms with E-state index in [-0.39, 0.29) is 17.4 Å². The van der Waals surface area contributed by atoms with Gasteiger partial charge in [-0.15, -0.1) is 0 Å². The van der Waals surface area contributed by atoms with Crippen LogP contribution in [0.2, 0.25) is 0 Å². The van der Waals surface area contributed by atoms with Crippen LogP contribution in [0, 0.1) is 11.3 Å². The number of aromatic nitrogens is 2. The van der Waals surface area contributed by atoms with Gasteiger partial charge in [0, 0.05) is 6.07 Å². The molecule has 20 heavy (non-hydrogen) atoms. The Bertz CT molecular complexity index is 667. The number of ether oxygens (including phenoxy) is 3. The van der Waals surface area contributed by atoms with Gasteiger partial charge in [-0.3, -0.25) is 0 Å². The SMILES string of the molecule is COc1cc(C#N)cc(Oc2ncnc(OC)c2N)c1. The van der Waals surface area contributed by atoms with E-state index in [0.29, 0.717) is 17.1 Å². The molecule has 2 N–H and O–H groups in total. The van der Waals surface area contributed by atoms with E-state index >= 15 is 0 Å². The second kappa shape index (κ2) is 5.75. The van der Waals surface area contributed by atoms with Crippen LogP contribution >= 0.6 is 0 Å². The maximum Gasteiger partial charge on any atom is 0.249 e. The third-order valence-corrected chi connectivity index (χ3v) is 2.46. The van der Waals surface area contributed by atoms with Crippen molar-refractivity contribution in [3.63, 3.8) is 0 Å². The maximum atomic E-state index is 8.95. The van der Waals surface area contributed by atoms with Gasteiger partial charge in [0.25, 0.3) is 0 Å². The van der Waals surface area contributed by atoms with Crippen LogP contribution in [-0.2, 0) is 0 Å². The first-order valence-corrected chi connectivity index (χ1v) is 5.59. The number of nitrogens with zero attached hydrogens (tertiary/aromatic N) is 3. The molecule has 0 unspecified atom stereocenters. The monoisotopic (exact) mass is 272 g/mol. The molecule has 0 bridgehead atoms. The van der Waals surface area contributed by atoms with Crippen molar-refractivity contribution in [3.8, 4) is 29.3 Å². The number of methoxy groups -OCH3 is 2. The van der Waals surface area contributed by atoms with Crippen LogP contribution in [0.5, 0.6) is 23.3 Å². The first-order valence-electron chi connectivity index (χ1n) is 5.59. The topological polar surface area (TPSA) is 103 Å². The van der Waals surface area contributed by atoms with Gasteiger partial charge < -0.3 is 19.9 Å². The smallest absolute Gasteiger partial charge is 0.249 e. The van der Waals surface area contributed by atoms with Crippen LogP contribution in [0.1, 0.15) is 5.56 Å². The molecule has 0 saturated carbocycles. The highest BCUT2D eigenvalue weighted by Crippen LogP contribution is 2.32. The molecule has 2 rings (SSSR count). The van der Waals surface area contributed by atoms with E-state index in [4.69, 9.17) is 25.2 Å². The summed E-state index contributed by atoms with van der Waals surface area (Å²) in [6, 6.07) is 6.78. The second-order valence-corrected chi connectivity index (χ2v) is 3.71. The third-order valence-electron chi connectivity index (χ3n) is 2.46. The van der Waals surface area contributed by atoms with Gasteiger partial charge in [-0.2, -0.15) is 15.2 Å². The van der Waals surface area contributed by atoms with Crippen LogP contribution in [0.3, 0.4) is 0 Å².